The Morgan fingerprint density at radius 3 is 1.46 bits per heavy atom. The predicted molar refractivity (Wildman–Crippen MR) is 120 cm³/mol. The third kappa shape index (κ3) is 4.90. The van der Waals surface area contributed by atoms with E-state index in [0.717, 1.165) is 62.5 Å². The molecule has 0 spiro atoms. The van der Waals surface area contributed by atoms with Crippen LogP contribution in [-0.4, -0.2) is 10.2 Å². The summed E-state index contributed by atoms with van der Waals surface area (Å²) in [5.41, 5.74) is 7.39. The van der Waals surface area contributed by atoms with Gasteiger partial charge in [-0.05, 0) is 91.5 Å². The maximum absolute atomic E-state index is 10.3. The van der Waals surface area contributed by atoms with E-state index < -0.39 is 0 Å². The van der Waals surface area contributed by atoms with Crippen molar-refractivity contribution in [1.82, 2.24) is 0 Å². The van der Waals surface area contributed by atoms with Crippen molar-refractivity contribution in [2.45, 2.75) is 91.9 Å². The van der Waals surface area contributed by atoms with Crippen LogP contribution >= 0.6 is 0 Å². The highest BCUT2D eigenvalue weighted by atomic mass is 16.3. The van der Waals surface area contributed by atoms with Gasteiger partial charge in [0.25, 0.3) is 0 Å². The fraction of sp³-hybridized carbons (Fsp3) is 0.538. The van der Waals surface area contributed by atoms with E-state index in [1.54, 1.807) is 0 Å². The molecule has 0 fully saturated rings. The Kier molecular flexibility index (Phi) is 8.41. The molecule has 0 bridgehead atoms. The highest BCUT2D eigenvalue weighted by Gasteiger charge is 2.23. The molecule has 0 aliphatic heterocycles. The monoisotopic (exact) mass is 382 g/mol. The molecule has 0 unspecified atom stereocenters. The summed E-state index contributed by atoms with van der Waals surface area (Å²) < 4.78 is 0. The van der Waals surface area contributed by atoms with Crippen LogP contribution in [0.4, 0.5) is 0 Å². The van der Waals surface area contributed by atoms with Crippen molar-refractivity contribution in [3.8, 4) is 11.5 Å². The molecule has 28 heavy (non-hydrogen) atoms. The van der Waals surface area contributed by atoms with Gasteiger partial charge < -0.3 is 10.2 Å². The first kappa shape index (κ1) is 22.3. The van der Waals surface area contributed by atoms with Gasteiger partial charge in [0.15, 0.2) is 0 Å². The second-order valence-electron chi connectivity index (χ2n) is 8.10. The van der Waals surface area contributed by atoms with E-state index in [9.17, 15) is 10.2 Å². The molecule has 2 heteroatoms. The number of benzene rings is 2. The topological polar surface area (TPSA) is 40.5 Å². The number of hydrogen-bond acceptors (Lipinski definition) is 2. The van der Waals surface area contributed by atoms with Gasteiger partial charge in [-0.25, -0.2) is 0 Å². The molecule has 0 saturated carbocycles. The molecule has 0 aliphatic rings. The fourth-order valence-corrected chi connectivity index (χ4v) is 4.32. The quantitative estimate of drug-likeness (QED) is 0.451. The van der Waals surface area contributed by atoms with E-state index in [1.807, 2.05) is 26.0 Å². The molecule has 0 radical (unpaired) electrons. The molecular weight excluding hydrogens is 344 g/mol. The summed E-state index contributed by atoms with van der Waals surface area (Å²) in [5.74, 6) is 1.11. The average Bonchev–Trinajstić information content (AvgIpc) is 2.69. The van der Waals surface area contributed by atoms with Crippen molar-refractivity contribution >= 4 is 0 Å². The number of unbranched alkanes of at least 4 members (excludes halogenated alkanes) is 2. The summed E-state index contributed by atoms with van der Waals surface area (Å²) in [6.45, 7) is 10.8. The Balaban J connectivity index is 2.64. The van der Waals surface area contributed by atoms with Gasteiger partial charge in [0.2, 0.25) is 0 Å². The van der Waals surface area contributed by atoms with Crippen molar-refractivity contribution in [3.63, 3.8) is 0 Å². The third-order valence-corrected chi connectivity index (χ3v) is 6.10. The number of hydrogen-bond donors (Lipinski definition) is 2. The van der Waals surface area contributed by atoms with Gasteiger partial charge in [-0.2, -0.15) is 0 Å². The zero-order valence-electron chi connectivity index (χ0n) is 18.4. The van der Waals surface area contributed by atoms with Gasteiger partial charge in [-0.3, -0.25) is 0 Å². The number of aromatic hydroxyl groups is 2. The van der Waals surface area contributed by atoms with Crippen LogP contribution in [0.5, 0.6) is 11.5 Å². The maximum Gasteiger partial charge on any atom is 0.118 e. The van der Waals surface area contributed by atoms with Gasteiger partial charge in [-0.15, -0.1) is 0 Å². The Morgan fingerprint density at radius 1 is 0.679 bits per heavy atom. The van der Waals surface area contributed by atoms with Crippen molar-refractivity contribution in [1.29, 1.82) is 0 Å². The van der Waals surface area contributed by atoms with E-state index in [0.29, 0.717) is 17.4 Å². The van der Waals surface area contributed by atoms with Crippen LogP contribution in [0.15, 0.2) is 24.3 Å². The summed E-state index contributed by atoms with van der Waals surface area (Å²) in [4.78, 5) is 0. The lowest BCUT2D eigenvalue weighted by Gasteiger charge is -2.26. The van der Waals surface area contributed by atoms with Crippen molar-refractivity contribution in [2.75, 3.05) is 0 Å². The molecular formula is C26H38O2. The van der Waals surface area contributed by atoms with E-state index in [1.165, 1.54) is 22.3 Å². The highest BCUT2D eigenvalue weighted by molar-refractivity contribution is 5.52. The Morgan fingerprint density at radius 2 is 1.11 bits per heavy atom. The molecule has 2 nitrogen and oxygen atoms in total. The first-order chi connectivity index (χ1) is 13.5. The van der Waals surface area contributed by atoms with E-state index >= 15 is 0 Å². The molecule has 2 aromatic carbocycles. The molecule has 0 aliphatic carbocycles. The van der Waals surface area contributed by atoms with Crippen LogP contribution in [0, 0.1) is 13.8 Å². The van der Waals surface area contributed by atoms with Gasteiger partial charge in [0.05, 0.1) is 0 Å². The van der Waals surface area contributed by atoms with Gasteiger partial charge in [0, 0.05) is 5.92 Å². The van der Waals surface area contributed by atoms with Gasteiger partial charge >= 0.3 is 0 Å². The van der Waals surface area contributed by atoms with E-state index in [2.05, 4.69) is 32.9 Å². The number of rotatable bonds is 10. The summed E-state index contributed by atoms with van der Waals surface area (Å²) in [7, 11) is 0. The molecule has 2 N–H and O–H groups in total. The molecule has 0 atom stereocenters. The zero-order chi connectivity index (χ0) is 20.7. The van der Waals surface area contributed by atoms with Crippen LogP contribution in [0.3, 0.4) is 0 Å². The first-order valence-electron chi connectivity index (χ1n) is 11.1. The second-order valence-corrected chi connectivity index (χ2v) is 8.10. The maximum atomic E-state index is 10.3. The van der Waals surface area contributed by atoms with E-state index in [-0.39, 0.29) is 0 Å². The standard InChI is InChI=1S/C26H38O2/c1-6-9-12-20-18(4)25(27)16-14-23(20)22(11-8-3)24-15-17-26(28)19(5)21(24)13-10-7-2/h14-17,22,27-28H,6-13H2,1-5H3. The minimum atomic E-state index is 0.308. The smallest absolute Gasteiger partial charge is 0.118 e. The summed E-state index contributed by atoms with van der Waals surface area (Å²) >= 11 is 0. The lowest BCUT2D eigenvalue weighted by molar-refractivity contribution is 0.468. The second kappa shape index (κ2) is 10.5. The molecule has 154 valence electrons. The van der Waals surface area contributed by atoms with Gasteiger partial charge in [-0.1, -0.05) is 52.2 Å². The molecule has 0 amide bonds. The Labute approximate surface area is 171 Å². The zero-order valence-corrected chi connectivity index (χ0v) is 18.4. The minimum Gasteiger partial charge on any atom is -0.508 e. The van der Waals surface area contributed by atoms with Crippen LogP contribution in [0.1, 0.15) is 98.6 Å². The summed E-state index contributed by atoms with van der Waals surface area (Å²) in [5, 5.41) is 20.6. The van der Waals surface area contributed by atoms with Gasteiger partial charge in [0.1, 0.15) is 11.5 Å². The van der Waals surface area contributed by atoms with Crippen molar-refractivity contribution in [3.05, 3.63) is 57.6 Å². The van der Waals surface area contributed by atoms with Crippen molar-refractivity contribution < 1.29 is 10.2 Å². The molecule has 2 rings (SSSR count). The molecule has 0 heterocycles. The first-order valence-corrected chi connectivity index (χ1v) is 11.1. The number of phenols is 2. The SMILES string of the molecule is CCCCc1c(C(CCC)c2ccc(O)c(C)c2CCCC)ccc(O)c1C. The molecule has 0 aromatic heterocycles. The lowest BCUT2D eigenvalue weighted by atomic mass is 9.79. The predicted octanol–water partition coefficient (Wildman–Crippen LogP) is 7.33. The third-order valence-electron chi connectivity index (χ3n) is 6.10. The molecule has 2 aromatic rings. The lowest BCUT2D eigenvalue weighted by Crippen LogP contribution is -2.10. The Bertz CT molecular complexity index is 713. The van der Waals surface area contributed by atoms with Crippen molar-refractivity contribution in [2.24, 2.45) is 0 Å². The summed E-state index contributed by atoms with van der Waals surface area (Å²) in [6, 6.07) is 8.00. The number of phenolic OH excluding ortho intramolecular Hbond substituents is 2. The highest BCUT2D eigenvalue weighted by Crippen LogP contribution is 2.40. The average molecular weight is 383 g/mol. The van der Waals surface area contributed by atoms with Crippen LogP contribution < -0.4 is 0 Å². The molecule has 0 saturated heterocycles. The normalized spacial score (nSPS) is 11.4. The largest absolute Gasteiger partial charge is 0.508 e. The minimum absolute atomic E-state index is 0.308. The summed E-state index contributed by atoms with van der Waals surface area (Å²) in [6.07, 6.45) is 8.75. The van der Waals surface area contributed by atoms with E-state index in [4.69, 9.17) is 0 Å². The van der Waals surface area contributed by atoms with Crippen LogP contribution in [0.25, 0.3) is 0 Å². The van der Waals surface area contributed by atoms with Crippen LogP contribution in [-0.2, 0) is 12.8 Å². The fourth-order valence-electron chi connectivity index (χ4n) is 4.32. The van der Waals surface area contributed by atoms with Crippen LogP contribution in [0.2, 0.25) is 0 Å². The Hall–Kier alpha value is -1.96.